The molecular weight excluding hydrogens is 190 g/mol. The van der Waals surface area contributed by atoms with Crippen LogP contribution in [0.2, 0.25) is 0 Å². The number of hydrogen-bond acceptors (Lipinski definition) is 3. The summed E-state index contributed by atoms with van der Waals surface area (Å²) in [5.41, 5.74) is 0.984. The topological polar surface area (TPSA) is 38.3 Å². The van der Waals surface area contributed by atoms with E-state index in [1.165, 1.54) is 0 Å². The first-order valence-electron chi connectivity index (χ1n) is 5.31. The van der Waals surface area contributed by atoms with Crippen LogP contribution < -0.4 is 10.1 Å². The molecule has 0 bridgehead atoms. The number of nitrogens with one attached hydrogen (secondary N) is 1. The summed E-state index contributed by atoms with van der Waals surface area (Å²) in [5.74, 6) is 0.394. The van der Waals surface area contributed by atoms with E-state index in [9.17, 15) is 4.79 Å². The molecule has 0 fully saturated rings. The average molecular weight is 207 g/mol. The van der Waals surface area contributed by atoms with E-state index in [4.69, 9.17) is 4.74 Å². The molecule has 0 aliphatic heterocycles. The molecule has 82 valence electrons. The Balaban J connectivity index is 2.61. The van der Waals surface area contributed by atoms with Crippen LogP contribution in [-0.4, -0.2) is 12.5 Å². The molecular formula is C12H17NO2. The Labute approximate surface area is 90.4 Å². The predicted molar refractivity (Wildman–Crippen MR) is 61.1 cm³/mol. The second kappa shape index (κ2) is 6.06. The normalized spacial score (nSPS) is 9.73. The van der Waals surface area contributed by atoms with Gasteiger partial charge in [0.25, 0.3) is 0 Å². The zero-order valence-corrected chi connectivity index (χ0v) is 9.25. The number of hydrogen-bond donors (Lipinski definition) is 1. The van der Waals surface area contributed by atoms with Gasteiger partial charge in [0.15, 0.2) is 0 Å². The maximum atomic E-state index is 11.1. The summed E-state index contributed by atoms with van der Waals surface area (Å²) in [5, 5.41) is 3.23. The average Bonchev–Trinajstić information content (AvgIpc) is 2.26. The second-order valence-corrected chi connectivity index (χ2v) is 3.28. The monoisotopic (exact) mass is 207 g/mol. The first-order valence-corrected chi connectivity index (χ1v) is 5.31. The van der Waals surface area contributed by atoms with Gasteiger partial charge in [-0.25, -0.2) is 0 Å². The molecule has 0 atom stereocenters. The third-order valence-corrected chi connectivity index (χ3v) is 1.93. The van der Waals surface area contributed by atoms with Gasteiger partial charge in [0.2, 0.25) is 0 Å². The largest absolute Gasteiger partial charge is 0.426 e. The quantitative estimate of drug-likeness (QED) is 0.596. The Morgan fingerprint density at radius 3 is 2.87 bits per heavy atom. The third kappa shape index (κ3) is 4.02. The Morgan fingerprint density at radius 1 is 1.40 bits per heavy atom. The van der Waals surface area contributed by atoms with E-state index in [-0.39, 0.29) is 5.97 Å². The lowest BCUT2D eigenvalue weighted by molar-refractivity contribution is -0.134. The molecule has 3 heteroatoms. The minimum Gasteiger partial charge on any atom is -0.426 e. The van der Waals surface area contributed by atoms with Gasteiger partial charge < -0.3 is 10.1 Å². The van der Waals surface area contributed by atoms with Gasteiger partial charge in [-0.15, -0.1) is 0 Å². The number of carbonyl (C=O) groups is 1. The summed E-state index contributed by atoms with van der Waals surface area (Å²) in [6.07, 6.45) is 1.46. The van der Waals surface area contributed by atoms with Gasteiger partial charge in [-0.2, -0.15) is 0 Å². The Hall–Kier alpha value is -1.51. The van der Waals surface area contributed by atoms with Crippen molar-refractivity contribution in [2.75, 3.05) is 11.9 Å². The van der Waals surface area contributed by atoms with E-state index in [0.717, 1.165) is 18.7 Å². The second-order valence-electron chi connectivity index (χ2n) is 3.28. The maximum Gasteiger partial charge on any atom is 0.310 e. The minimum absolute atomic E-state index is 0.206. The molecule has 1 aromatic carbocycles. The van der Waals surface area contributed by atoms with E-state index in [0.29, 0.717) is 12.2 Å². The lowest BCUT2D eigenvalue weighted by Crippen LogP contribution is -2.06. The van der Waals surface area contributed by atoms with Crippen molar-refractivity contribution in [1.82, 2.24) is 0 Å². The van der Waals surface area contributed by atoms with E-state index >= 15 is 0 Å². The lowest BCUT2D eigenvalue weighted by atomic mass is 10.3. The third-order valence-electron chi connectivity index (χ3n) is 1.93. The van der Waals surface area contributed by atoms with Crippen molar-refractivity contribution in [2.45, 2.75) is 26.7 Å². The van der Waals surface area contributed by atoms with Crippen LogP contribution in [0.15, 0.2) is 24.3 Å². The van der Waals surface area contributed by atoms with Crippen LogP contribution in [0.5, 0.6) is 5.75 Å². The molecule has 0 heterocycles. The van der Waals surface area contributed by atoms with Gasteiger partial charge in [-0.05, 0) is 18.6 Å². The zero-order chi connectivity index (χ0) is 11.1. The molecule has 0 unspecified atom stereocenters. The highest BCUT2D eigenvalue weighted by atomic mass is 16.5. The van der Waals surface area contributed by atoms with Crippen molar-refractivity contribution >= 4 is 11.7 Å². The van der Waals surface area contributed by atoms with Crippen LogP contribution in [0, 0.1) is 0 Å². The summed E-state index contributed by atoms with van der Waals surface area (Å²) >= 11 is 0. The molecule has 1 aromatic rings. The van der Waals surface area contributed by atoms with Crippen molar-refractivity contribution in [3.63, 3.8) is 0 Å². The van der Waals surface area contributed by atoms with Gasteiger partial charge in [0.05, 0.1) is 0 Å². The minimum atomic E-state index is -0.206. The SMILES string of the molecule is CCCNc1cccc(OC(=O)CC)c1. The summed E-state index contributed by atoms with van der Waals surface area (Å²) in [6.45, 7) is 4.81. The molecule has 0 radical (unpaired) electrons. The van der Waals surface area contributed by atoms with Gasteiger partial charge in [0, 0.05) is 24.7 Å². The van der Waals surface area contributed by atoms with Crippen LogP contribution in [0.25, 0.3) is 0 Å². The first-order chi connectivity index (χ1) is 7.26. The Bertz CT molecular complexity index is 323. The van der Waals surface area contributed by atoms with Crippen LogP contribution >= 0.6 is 0 Å². The van der Waals surface area contributed by atoms with Gasteiger partial charge >= 0.3 is 5.97 Å². The van der Waals surface area contributed by atoms with Crippen molar-refractivity contribution in [1.29, 1.82) is 0 Å². The van der Waals surface area contributed by atoms with Crippen LogP contribution in [0.1, 0.15) is 26.7 Å². The summed E-state index contributed by atoms with van der Waals surface area (Å²) < 4.78 is 5.11. The molecule has 0 aliphatic carbocycles. The van der Waals surface area contributed by atoms with Crippen LogP contribution in [0.4, 0.5) is 5.69 Å². The predicted octanol–water partition coefficient (Wildman–Crippen LogP) is 2.82. The molecule has 1 rings (SSSR count). The van der Waals surface area contributed by atoms with Crippen molar-refractivity contribution < 1.29 is 9.53 Å². The first kappa shape index (κ1) is 11.6. The highest BCUT2D eigenvalue weighted by molar-refractivity contribution is 5.72. The van der Waals surface area contributed by atoms with E-state index in [1.54, 1.807) is 13.0 Å². The lowest BCUT2D eigenvalue weighted by Gasteiger charge is -2.07. The van der Waals surface area contributed by atoms with Gasteiger partial charge in [-0.3, -0.25) is 4.79 Å². The number of benzene rings is 1. The Morgan fingerprint density at radius 2 is 2.20 bits per heavy atom. The fourth-order valence-corrected chi connectivity index (χ4v) is 1.14. The fourth-order valence-electron chi connectivity index (χ4n) is 1.14. The van der Waals surface area contributed by atoms with Crippen molar-refractivity contribution in [3.05, 3.63) is 24.3 Å². The van der Waals surface area contributed by atoms with Crippen LogP contribution in [-0.2, 0) is 4.79 Å². The molecule has 0 spiro atoms. The summed E-state index contributed by atoms with van der Waals surface area (Å²) in [6, 6.07) is 7.45. The molecule has 0 amide bonds. The summed E-state index contributed by atoms with van der Waals surface area (Å²) in [7, 11) is 0. The van der Waals surface area contributed by atoms with Gasteiger partial charge in [-0.1, -0.05) is 19.9 Å². The maximum absolute atomic E-state index is 11.1. The smallest absolute Gasteiger partial charge is 0.310 e. The molecule has 15 heavy (non-hydrogen) atoms. The number of esters is 1. The number of anilines is 1. The highest BCUT2D eigenvalue weighted by Crippen LogP contribution is 2.17. The molecule has 1 N–H and O–H groups in total. The van der Waals surface area contributed by atoms with Gasteiger partial charge in [0.1, 0.15) is 5.75 Å². The van der Waals surface area contributed by atoms with Crippen molar-refractivity contribution in [2.24, 2.45) is 0 Å². The van der Waals surface area contributed by atoms with E-state index < -0.39 is 0 Å². The Kier molecular flexibility index (Phi) is 4.68. The van der Waals surface area contributed by atoms with Crippen molar-refractivity contribution in [3.8, 4) is 5.75 Å². The number of ether oxygens (including phenoxy) is 1. The molecule has 0 aliphatic rings. The van der Waals surface area contributed by atoms with E-state index in [1.807, 2.05) is 18.2 Å². The van der Waals surface area contributed by atoms with E-state index in [2.05, 4.69) is 12.2 Å². The molecule has 0 saturated heterocycles. The standard InChI is InChI=1S/C12H17NO2/c1-3-8-13-10-6-5-7-11(9-10)15-12(14)4-2/h5-7,9,13H,3-4,8H2,1-2H3. The molecule has 0 saturated carbocycles. The zero-order valence-electron chi connectivity index (χ0n) is 9.25. The fraction of sp³-hybridized carbons (Fsp3) is 0.417. The number of carbonyl (C=O) groups excluding carboxylic acids is 1. The molecule has 3 nitrogen and oxygen atoms in total. The summed E-state index contributed by atoms with van der Waals surface area (Å²) in [4.78, 5) is 11.1. The van der Waals surface area contributed by atoms with Crippen LogP contribution in [0.3, 0.4) is 0 Å². The molecule has 0 aromatic heterocycles. The highest BCUT2D eigenvalue weighted by Gasteiger charge is 2.01. The number of rotatable bonds is 5.